The topological polar surface area (TPSA) is 72.9 Å². The minimum Gasteiger partial charge on any atom is -0.490 e. The molecule has 6 nitrogen and oxygen atoms in total. The molecule has 3 rings (SSSR count). The van der Waals surface area contributed by atoms with Gasteiger partial charge in [0.1, 0.15) is 25.0 Å². The van der Waals surface area contributed by atoms with Gasteiger partial charge in [-0.05, 0) is 50.8 Å². The van der Waals surface area contributed by atoms with E-state index in [1.54, 1.807) is 0 Å². The SMILES string of the molecule is Cc1ccc(C)c(OCCOC(=O)[C@@H](C)N2C(=O)[C@H]3CC=CC[C@@H]3C2=O)c1. The highest BCUT2D eigenvalue weighted by Crippen LogP contribution is 2.36. The molecule has 1 fully saturated rings. The molecule has 0 unspecified atom stereocenters. The van der Waals surface area contributed by atoms with Crippen LogP contribution in [0.2, 0.25) is 0 Å². The summed E-state index contributed by atoms with van der Waals surface area (Å²) in [7, 11) is 0. The molecule has 2 amide bonds. The second-order valence-electron chi connectivity index (χ2n) is 7.16. The maximum Gasteiger partial charge on any atom is 0.329 e. The highest BCUT2D eigenvalue weighted by molar-refractivity contribution is 6.08. The Labute approximate surface area is 159 Å². The van der Waals surface area contributed by atoms with Crippen LogP contribution in [0.15, 0.2) is 30.4 Å². The van der Waals surface area contributed by atoms with Crippen molar-refractivity contribution in [3.63, 3.8) is 0 Å². The molecular formula is C21H25NO5. The van der Waals surface area contributed by atoms with Gasteiger partial charge >= 0.3 is 5.97 Å². The largest absolute Gasteiger partial charge is 0.490 e. The lowest BCUT2D eigenvalue weighted by Gasteiger charge is -2.21. The van der Waals surface area contributed by atoms with Gasteiger partial charge in [-0.1, -0.05) is 24.3 Å². The van der Waals surface area contributed by atoms with Crippen molar-refractivity contribution in [2.75, 3.05) is 13.2 Å². The average Bonchev–Trinajstić information content (AvgIpc) is 2.91. The van der Waals surface area contributed by atoms with E-state index in [0.717, 1.165) is 21.8 Å². The standard InChI is InChI=1S/C21H25NO5/c1-13-8-9-14(2)18(12-13)26-10-11-27-21(25)15(3)22-19(23)16-6-4-5-7-17(16)20(22)24/h4-5,8-9,12,15-17H,6-7,10-11H2,1-3H3/t15-,16+,17+/m1/s1. The Kier molecular flexibility index (Phi) is 5.63. The Morgan fingerprint density at radius 3 is 2.37 bits per heavy atom. The van der Waals surface area contributed by atoms with Gasteiger partial charge in [0.25, 0.3) is 0 Å². The summed E-state index contributed by atoms with van der Waals surface area (Å²) in [5.74, 6) is -1.07. The molecule has 1 aromatic carbocycles. The average molecular weight is 371 g/mol. The first-order valence-corrected chi connectivity index (χ1v) is 9.28. The summed E-state index contributed by atoms with van der Waals surface area (Å²) in [6.07, 6.45) is 4.95. The maximum absolute atomic E-state index is 12.5. The van der Waals surface area contributed by atoms with Crippen LogP contribution in [0, 0.1) is 25.7 Å². The van der Waals surface area contributed by atoms with E-state index in [1.165, 1.54) is 6.92 Å². The van der Waals surface area contributed by atoms with Gasteiger partial charge < -0.3 is 9.47 Å². The molecule has 0 radical (unpaired) electrons. The van der Waals surface area contributed by atoms with Gasteiger partial charge in [0.2, 0.25) is 11.8 Å². The first-order valence-electron chi connectivity index (χ1n) is 9.28. The lowest BCUT2D eigenvalue weighted by atomic mass is 9.85. The van der Waals surface area contributed by atoms with E-state index in [-0.39, 0.29) is 36.9 Å². The number of aryl methyl sites for hydroxylation is 2. The molecule has 0 bridgehead atoms. The number of rotatable bonds is 6. The number of carbonyl (C=O) groups is 3. The van der Waals surface area contributed by atoms with Crippen LogP contribution in [0.1, 0.15) is 30.9 Å². The molecular weight excluding hydrogens is 346 g/mol. The highest BCUT2D eigenvalue weighted by Gasteiger charge is 2.50. The summed E-state index contributed by atoms with van der Waals surface area (Å²) in [4.78, 5) is 38.4. The molecule has 1 aromatic rings. The first kappa shape index (κ1) is 19.1. The van der Waals surface area contributed by atoms with Crippen LogP contribution in [-0.2, 0) is 19.1 Å². The zero-order chi connectivity index (χ0) is 19.6. The molecule has 0 N–H and O–H groups in total. The molecule has 3 atom stereocenters. The number of hydrogen-bond acceptors (Lipinski definition) is 5. The third kappa shape index (κ3) is 3.89. The Balaban J connectivity index is 1.51. The van der Waals surface area contributed by atoms with Crippen molar-refractivity contribution in [3.8, 4) is 5.75 Å². The van der Waals surface area contributed by atoms with Crippen LogP contribution in [0.4, 0.5) is 0 Å². The third-order valence-electron chi connectivity index (χ3n) is 5.20. The Hall–Kier alpha value is -2.63. The van der Waals surface area contributed by atoms with E-state index in [2.05, 4.69) is 0 Å². The van der Waals surface area contributed by atoms with Crippen molar-refractivity contribution in [2.24, 2.45) is 11.8 Å². The highest BCUT2D eigenvalue weighted by atomic mass is 16.6. The predicted octanol–water partition coefficient (Wildman–Crippen LogP) is 2.57. The number of carbonyl (C=O) groups excluding carboxylic acids is 3. The number of benzene rings is 1. The molecule has 1 aliphatic heterocycles. The first-order chi connectivity index (χ1) is 12.9. The second-order valence-corrected chi connectivity index (χ2v) is 7.16. The Morgan fingerprint density at radius 1 is 1.11 bits per heavy atom. The monoisotopic (exact) mass is 371 g/mol. The summed E-state index contributed by atoms with van der Waals surface area (Å²) in [6.45, 7) is 5.72. The summed E-state index contributed by atoms with van der Waals surface area (Å²) in [5, 5.41) is 0. The number of hydrogen-bond donors (Lipinski definition) is 0. The number of likely N-dealkylation sites (tertiary alicyclic amines) is 1. The van der Waals surface area contributed by atoms with E-state index in [9.17, 15) is 14.4 Å². The molecule has 144 valence electrons. The van der Waals surface area contributed by atoms with Gasteiger partial charge in [-0.2, -0.15) is 0 Å². The molecule has 1 aliphatic carbocycles. The Bertz CT molecular complexity index is 759. The van der Waals surface area contributed by atoms with Crippen LogP contribution in [0.3, 0.4) is 0 Å². The van der Waals surface area contributed by atoms with E-state index in [1.807, 2.05) is 44.2 Å². The normalized spacial score (nSPS) is 22.6. The van der Waals surface area contributed by atoms with Crippen LogP contribution in [0.25, 0.3) is 0 Å². The van der Waals surface area contributed by atoms with Gasteiger partial charge in [0, 0.05) is 0 Å². The molecule has 1 heterocycles. The van der Waals surface area contributed by atoms with E-state index >= 15 is 0 Å². The van der Waals surface area contributed by atoms with Crippen molar-refractivity contribution >= 4 is 17.8 Å². The Morgan fingerprint density at radius 2 is 1.74 bits per heavy atom. The number of fused-ring (bicyclic) bond motifs is 1. The number of imide groups is 1. The van der Waals surface area contributed by atoms with Crippen molar-refractivity contribution in [1.29, 1.82) is 0 Å². The van der Waals surface area contributed by atoms with Gasteiger partial charge in [0.15, 0.2) is 0 Å². The molecule has 2 aliphatic rings. The molecule has 6 heteroatoms. The van der Waals surface area contributed by atoms with Crippen molar-refractivity contribution in [1.82, 2.24) is 4.90 Å². The van der Waals surface area contributed by atoms with E-state index < -0.39 is 12.0 Å². The number of nitrogens with zero attached hydrogens (tertiary/aromatic N) is 1. The van der Waals surface area contributed by atoms with Gasteiger partial charge in [-0.25, -0.2) is 4.79 Å². The summed E-state index contributed by atoms with van der Waals surface area (Å²) >= 11 is 0. The molecule has 0 spiro atoms. The molecule has 1 saturated heterocycles. The molecule has 0 aromatic heterocycles. The van der Waals surface area contributed by atoms with Crippen LogP contribution < -0.4 is 4.74 Å². The lowest BCUT2D eigenvalue weighted by Crippen LogP contribution is -2.44. The molecule has 0 saturated carbocycles. The minimum absolute atomic E-state index is 0.0567. The number of allylic oxidation sites excluding steroid dienone is 2. The number of amides is 2. The zero-order valence-corrected chi connectivity index (χ0v) is 15.9. The van der Waals surface area contributed by atoms with Crippen molar-refractivity contribution in [3.05, 3.63) is 41.5 Å². The zero-order valence-electron chi connectivity index (χ0n) is 15.9. The predicted molar refractivity (Wildman–Crippen MR) is 99.0 cm³/mol. The maximum atomic E-state index is 12.5. The smallest absolute Gasteiger partial charge is 0.329 e. The van der Waals surface area contributed by atoms with Crippen LogP contribution >= 0.6 is 0 Å². The second kappa shape index (κ2) is 7.94. The quantitative estimate of drug-likeness (QED) is 0.333. The van der Waals surface area contributed by atoms with Gasteiger partial charge in [0.05, 0.1) is 11.8 Å². The van der Waals surface area contributed by atoms with Crippen molar-refractivity contribution in [2.45, 2.75) is 39.7 Å². The number of ether oxygens (including phenoxy) is 2. The summed E-state index contributed by atoms with van der Waals surface area (Å²) < 4.78 is 10.9. The van der Waals surface area contributed by atoms with Crippen LogP contribution in [-0.4, -0.2) is 41.9 Å². The van der Waals surface area contributed by atoms with E-state index in [4.69, 9.17) is 9.47 Å². The molecule has 27 heavy (non-hydrogen) atoms. The fraction of sp³-hybridized carbons (Fsp3) is 0.476. The number of esters is 1. The van der Waals surface area contributed by atoms with Crippen molar-refractivity contribution < 1.29 is 23.9 Å². The fourth-order valence-electron chi connectivity index (χ4n) is 3.59. The fourth-order valence-corrected chi connectivity index (χ4v) is 3.59. The summed E-state index contributed by atoms with van der Waals surface area (Å²) in [5.41, 5.74) is 2.09. The van der Waals surface area contributed by atoms with Gasteiger partial charge in [-0.3, -0.25) is 14.5 Å². The third-order valence-corrected chi connectivity index (χ3v) is 5.20. The lowest BCUT2D eigenvalue weighted by molar-refractivity contribution is -0.158. The van der Waals surface area contributed by atoms with Gasteiger partial charge in [-0.15, -0.1) is 0 Å². The minimum atomic E-state index is -0.920. The van der Waals surface area contributed by atoms with E-state index in [0.29, 0.717) is 12.8 Å². The van der Waals surface area contributed by atoms with Crippen LogP contribution in [0.5, 0.6) is 5.75 Å². The summed E-state index contributed by atoms with van der Waals surface area (Å²) in [6, 6.07) is 4.98.